The maximum Gasteiger partial charge on any atom is 0.182 e. The van der Waals surface area contributed by atoms with Crippen molar-refractivity contribution in [2.75, 3.05) is 5.73 Å². The molecule has 0 spiro atoms. The van der Waals surface area contributed by atoms with E-state index in [0.29, 0.717) is 23.1 Å². The Morgan fingerprint density at radius 2 is 1.27 bits per heavy atom. The molecule has 0 atom stereocenters. The Balaban J connectivity index is 0.000000171. The maximum absolute atomic E-state index is 5.83. The average Bonchev–Trinajstić information content (AvgIpc) is 3.38. The van der Waals surface area contributed by atoms with Gasteiger partial charge in [0.2, 0.25) is 0 Å². The Morgan fingerprint density at radius 1 is 0.767 bits per heavy atom. The van der Waals surface area contributed by atoms with Crippen molar-refractivity contribution in [2.45, 2.75) is 39.8 Å². The molecule has 0 saturated heterocycles. The quantitative estimate of drug-likeness (QED) is 0.490. The number of hydrogen-bond donors (Lipinski definition) is 1. The fourth-order valence-electron chi connectivity index (χ4n) is 2.72. The largest absolute Gasteiger partial charge is 0.384 e. The molecule has 0 amide bonds. The number of aromatic nitrogens is 8. The minimum atomic E-state index is 0.302. The number of nitrogens with zero attached hydrogens (tertiary/aromatic N) is 8. The Hall–Kier alpha value is -3.33. The second kappa shape index (κ2) is 9.45. The predicted octanol–water partition coefficient (Wildman–Crippen LogP) is 4.08. The standard InChI is InChI=1S/C10H11ClN4.C10H13N5/c2*1-7(2)15-6-12-14-10(15)8-4-3-5-9(11)13-8/h3-7H,1-2H3;3-7H,1-2H3,(H2,11,13). The van der Waals surface area contributed by atoms with E-state index >= 15 is 0 Å². The lowest BCUT2D eigenvalue weighted by Crippen LogP contribution is -2.03. The van der Waals surface area contributed by atoms with Crippen LogP contribution >= 0.6 is 11.6 Å². The number of nitrogens with two attached hydrogens (primary N) is 1. The highest BCUT2D eigenvalue weighted by molar-refractivity contribution is 6.29. The number of pyridine rings is 2. The summed E-state index contributed by atoms with van der Waals surface area (Å²) in [7, 11) is 0. The lowest BCUT2D eigenvalue weighted by Gasteiger charge is -2.09. The molecule has 0 bridgehead atoms. The van der Waals surface area contributed by atoms with Crippen LogP contribution in [0.1, 0.15) is 39.8 Å². The lowest BCUT2D eigenvalue weighted by atomic mass is 10.3. The summed E-state index contributed by atoms with van der Waals surface area (Å²) in [6.07, 6.45) is 3.40. The van der Waals surface area contributed by atoms with Crippen molar-refractivity contribution in [3.63, 3.8) is 0 Å². The molecule has 10 heteroatoms. The predicted molar refractivity (Wildman–Crippen MR) is 117 cm³/mol. The van der Waals surface area contributed by atoms with Gasteiger partial charge in [-0.05, 0) is 52.0 Å². The highest BCUT2D eigenvalue weighted by Gasteiger charge is 2.11. The first kappa shape index (κ1) is 21.4. The Bertz CT molecular complexity index is 1010. The van der Waals surface area contributed by atoms with E-state index < -0.39 is 0 Å². The Kier molecular flexibility index (Phi) is 6.73. The lowest BCUT2D eigenvalue weighted by molar-refractivity contribution is 0.603. The molecule has 4 aromatic rings. The normalized spacial score (nSPS) is 10.9. The van der Waals surface area contributed by atoms with Gasteiger partial charge in [-0.2, -0.15) is 0 Å². The van der Waals surface area contributed by atoms with Crippen LogP contribution in [-0.4, -0.2) is 39.5 Å². The number of nitrogen functional groups attached to an aromatic ring is 1. The molecule has 2 N–H and O–H groups in total. The Morgan fingerprint density at radius 3 is 1.73 bits per heavy atom. The first-order valence-corrected chi connectivity index (χ1v) is 9.89. The SMILES string of the molecule is CC(C)n1cnnc1-c1cccc(Cl)n1.CC(C)n1cnnc1-c1cccc(N)n1. The fraction of sp³-hybridized carbons (Fsp3) is 0.300. The van der Waals surface area contributed by atoms with Gasteiger partial charge in [0.15, 0.2) is 11.6 Å². The van der Waals surface area contributed by atoms with Crippen LogP contribution in [0.15, 0.2) is 49.1 Å². The van der Waals surface area contributed by atoms with E-state index in [4.69, 9.17) is 17.3 Å². The molecule has 9 nitrogen and oxygen atoms in total. The third-order valence-electron chi connectivity index (χ3n) is 4.20. The van der Waals surface area contributed by atoms with E-state index in [1.807, 2.05) is 33.4 Å². The number of hydrogen-bond acceptors (Lipinski definition) is 7. The molecule has 4 rings (SSSR count). The van der Waals surface area contributed by atoms with Gasteiger partial charge in [-0.1, -0.05) is 23.7 Å². The van der Waals surface area contributed by atoms with Crippen LogP contribution in [0.3, 0.4) is 0 Å². The maximum atomic E-state index is 5.83. The van der Waals surface area contributed by atoms with E-state index in [1.165, 1.54) is 0 Å². The zero-order chi connectivity index (χ0) is 21.7. The van der Waals surface area contributed by atoms with Crippen LogP contribution in [-0.2, 0) is 0 Å². The van der Waals surface area contributed by atoms with Crippen molar-refractivity contribution in [3.05, 3.63) is 54.2 Å². The first-order valence-electron chi connectivity index (χ1n) is 9.51. The summed E-state index contributed by atoms with van der Waals surface area (Å²) >= 11 is 5.83. The van der Waals surface area contributed by atoms with Gasteiger partial charge >= 0.3 is 0 Å². The third-order valence-corrected chi connectivity index (χ3v) is 4.41. The van der Waals surface area contributed by atoms with Crippen molar-refractivity contribution in [3.8, 4) is 23.0 Å². The molecule has 0 aromatic carbocycles. The van der Waals surface area contributed by atoms with E-state index in [9.17, 15) is 0 Å². The molecule has 0 saturated carbocycles. The summed E-state index contributed by atoms with van der Waals surface area (Å²) in [5, 5.41) is 16.3. The summed E-state index contributed by atoms with van der Waals surface area (Å²) in [5.41, 5.74) is 7.12. The zero-order valence-corrected chi connectivity index (χ0v) is 18.1. The second-order valence-electron chi connectivity index (χ2n) is 7.10. The van der Waals surface area contributed by atoms with Gasteiger partial charge in [0.05, 0.1) is 0 Å². The van der Waals surface area contributed by atoms with Gasteiger partial charge in [0, 0.05) is 12.1 Å². The highest BCUT2D eigenvalue weighted by Crippen LogP contribution is 2.20. The smallest absolute Gasteiger partial charge is 0.182 e. The van der Waals surface area contributed by atoms with Crippen molar-refractivity contribution in [2.24, 2.45) is 0 Å². The van der Waals surface area contributed by atoms with Crippen LogP contribution in [0.5, 0.6) is 0 Å². The molecule has 30 heavy (non-hydrogen) atoms. The molecule has 0 unspecified atom stereocenters. The van der Waals surface area contributed by atoms with Gasteiger partial charge in [0.25, 0.3) is 0 Å². The molecule has 4 heterocycles. The first-order chi connectivity index (χ1) is 14.4. The van der Waals surface area contributed by atoms with Crippen LogP contribution in [0, 0.1) is 0 Å². The molecule has 0 aliphatic heterocycles. The Labute approximate surface area is 180 Å². The molecular weight excluding hydrogens is 402 g/mol. The van der Waals surface area contributed by atoms with E-state index in [-0.39, 0.29) is 0 Å². The van der Waals surface area contributed by atoms with Gasteiger partial charge < -0.3 is 14.9 Å². The van der Waals surface area contributed by atoms with Crippen LogP contribution in [0.25, 0.3) is 23.0 Å². The van der Waals surface area contributed by atoms with Crippen LogP contribution in [0.2, 0.25) is 5.15 Å². The van der Waals surface area contributed by atoms with Crippen LogP contribution in [0.4, 0.5) is 5.82 Å². The summed E-state index contributed by atoms with van der Waals surface area (Å²) in [5.74, 6) is 1.98. The monoisotopic (exact) mass is 425 g/mol. The van der Waals surface area contributed by atoms with Gasteiger partial charge in [0.1, 0.15) is 35.0 Å². The van der Waals surface area contributed by atoms with Crippen LogP contribution < -0.4 is 5.73 Å². The minimum absolute atomic E-state index is 0.302. The number of anilines is 1. The molecule has 0 fully saturated rings. The van der Waals surface area contributed by atoms with Gasteiger partial charge in [-0.3, -0.25) is 0 Å². The molecule has 0 aliphatic carbocycles. The van der Waals surface area contributed by atoms with E-state index in [0.717, 1.165) is 23.0 Å². The molecule has 0 radical (unpaired) electrons. The molecule has 4 aromatic heterocycles. The van der Waals surface area contributed by atoms with E-state index in [1.54, 1.807) is 24.8 Å². The third kappa shape index (κ3) is 4.98. The van der Waals surface area contributed by atoms with Crippen molar-refractivity contribution < 1.29 is 0 Å². The summed E-state index contributed by atoms with van der Waals surface area (Å²) < 4.78 is 3.92. The molecule has 0 aliphatic rings. The minimum Gasteiger partial charge on any atom is -0.384 e. The summed E-state index contributed by atoms with van der Waals surface area (Å²) in [4.78, 5) is 8.41. The fourth-order valence-corrected chi connectivity index (χ4v) is 2.88. The second-order valence-corrected chi connectivity index (χ2v) is 7.49. The molecule has 156 valence electrons. The summed E-state index contributed by atoms with van der Waals surface area (Å²) in [6.45, 7) is 8.27. The topological polar surface area (TPSA) is 113 Å². The summed E-state index contributed by atoms with van der Waals surface area (Å²) in [6, 6.07) is 11.5. The molecular formula is C20H24ClN9. The number of rotatable bonds is 4. The number of halogens is 1. The highest BCUT2D eigenvalue weighted by atomic mass is 35.5. The zero-order valence-electron chi connectivity index (χ0n) is 17.3. The average molecular weight is 426 g/mol. The van der Waals surface area contributed by atoms with Gasteiger partial charge in [-0.25, -0.2) is 9.97 Å². The van der Waals surface area contributed by atoms with Crippen molar-refractivity contribution in [1.82, 2.24) is 39.5 Å². The van der Waals surface area contributed by atoms with Gasteiger partial charge in [-0.15, -0.1) is 20.4 Å². The van der Waals surface area contributed by atoms with Crippen molar-refractivity contribution >= 4 is 17.4 Å². The van der Waals surface area contributed by atoms with E-state index in [2.05, 4.69) is 58.1 Å². The van der Waals surface area contributed by atoms with Crippen molar-refractivity contribution in [1.29, 1.82) is 0 Å².